The van der Waals surface area contributed by atoms with Crippen molar-refractivity contribution in [3.63, 3.8) is 0 Å². The number of hydrogen-bond donors (Lipinski definition) is 2. The summed E-state index contributed by atoms with van der Waals surface area (Å²) in [5, 5.41) is 15.0. The first kappa shape index (κ1) is 14.5. The highest BCUT2D eigenvalue weighted by Gasteiger charge is 2.07. The number of aryl methyl sites for hydroxylation is 1. The number of carboxylic acid groups (broad SMARTS) is 1. The lowest BCUT2D eigenvalue weighted by molar-refractivity contribution is -0.137. The van der Waals surface area contributed by atoms with Gasteiger partial charge in [0.1, 0.15) is 6.54 Å². The van der Waals surface area contributed by atoms with Crippen LogP contribution < -0.4 is 10.9 Å². The maximum atomic E-state index is 11.7. The molecule has 0 aliphatic heterocycles. The number of rotatable bonds is 6. The van der Waals surface area contributed by atoms with Gasteiger partial charge < -0.3 is 15.0 Å². The summed E-state index contributed by atoms with van der Waals surface area (Å²) in [6.45, 7) is 0.00402. The molecule has 0 bridgehead atoms. The Bertz CT molecular complexity index is 704. The highest BCUT2D eigenvalue weighted by atomic mass is 16.4. The number of aromatic nitrogens is 3. The summed E-state index contributed by atoms with van der Waals surface area (Å²) in [6, 6.07) is 4.78. The molecule has 0 saturated carbocycles. The molecule has 2 aromatic rings. The number of nitrogens with zero attached hydrogens (tertiary/aromatic N) is 3. The van der Waals surface area contributed by atoms with Crippen molar-refractivity contribution in [2.24, 2.45) is 0 Å². The van der Waals surface area contributed by atoms with Gasteiger partial charge in [0.25, 0.3) is 5.56 Å². The van der Waals surface area contributed by atoms with E-state index in [-0.39, 0.29) is 31.0 Å². The van der Waals surface area contributed by atoms with Crippen LogP contribution in [0.25, 0.3) is 0 Å². The second kappa shape index (κ2) is 6.51. The second-order valence-corrected chi connectivity index (χ2v) is 4.35. The highest BCUT2D eigenvalue weighted by Crippen LogP contribution is 2.05. The number of carboxylic acids is 1. The zero-order valence-corrected chi connectivity index (χ0v) is 11.1. The Labute approximate surface area is 119 Å². The van der Waals surface area contributed by atoms with Crippen molar-refractivity contribution >= 4 is 17.6 Å². The second-order valence-electron chi connectivity index (χ2n) is 4.35. The van der Waals surface area contributed by atoms with Gasteiger partial charge in [-0.1, -0.05) is 6.07 Å². The molecule has 8 nitrogen and oxygen atoms in total. The molecule has 2 rings (SSSR count). The van der Waals surface area contributed by atoms with Gasteiger partial charge in [-0.15, -0.1) is 0 Å². The first-order valence-corrected chi connectivity index (χ1v) is 6.24. The van der Waals surface area contributed by atoms with Crippen LogP contribution in [0.1, 0.15) is 6.42 Å². The Morgan fingerprint density at radius 3 is 2.86 bits per heavy atom. The Hall–Kier alpha value is -2.90. The number of hydrogen-bond acceptors (Lipinski definition) is 4. The van der Waals surface area contributed by atoms with E-state index in [1.807, 2.05) is 0 Å². The zero-order valence-electron chi connectivity index (χ0n) is 11.1. The summed E-state index contributed by atoms with van der Waals surface area (Å²) in [6.07, 6.45) is 4.55. The van der Waals surface area contributed by atoms with E-state index in [0.717, 1.165) is 0 Å². The fourth-order valence-electron chi connectivity index (χ4n) is 1.74. The average molecular weight is 290 g/mol. The molecule has 0 saturated heterocycles. The summed E-state index contributed by atoms with van der Waals surface area (Å²) < 4.78 is 2.65. The summed E-state index contributed by atoms with van der Waals surface area (Å²) in [4.78, 5) is 33.7. The van der Waals surface area contributed by atoms with E-state index in [1.54, 1.807) is 18.3 Å². The molecule has 0 aliphatic rings. The van der Waals surface area contributed by atoms with Crippen molar-refractivity contribution in [3.05, 3.63) is 47.1 Å². The van der Waals surface area contributed by atoms with Crippen LogP contribution >= 0.6 is 0 Å². The van der Waals surface area contributed by atoms with Gasteiger partial charge >= 0.3 is 5.97 Å². The number of carbonyl (C=O) groups is 2. The highest BCUT2D eigenvalue weighted by molar-refractivity contribution is 5.90. The first-order chi connectivity index (χ1) is 10.0. The topological polar surface area (TPSA) is 106 Å². The zero-order chi connectivity index (χ0) is 15.2. The standard InChI is InChI=1S/C13H14N4O4/c18-11(4-6-16-5-2-1-3-12(16)19)15-10-7-14-17(8-10)9-13(20)21/h1-3,5,7-8H,4,6,9H2,(H,15,18)(H,20,21). The molecule has 1 amide bonds. The van der Waals surface area contributed by atoms with E-state index >= 15 is 0 Å². The van der Waals surface area contributed by atoms with Gasteiger partial charge in [-0.2, -0.15) is 5.10 Å². The van der Waals surface area contributed by atoms with Gasteiger partial charge in [-0.3, -0.25) is 19.1 Å². The third-order valence-electron chi connectivity index (χ3n) is 2.69. The van der Waals surface area contributed by atoms with Crippen molar-refractivity contribution in [1.29, 1.82) is 0 Å². The van der Waals surface area contributed by atoms with E-state index in [2.05, 4.69) is 10.4 Å². The Morgan fingerprint density at radius 2 is 2.14 bits per heavy atom. The van der Waals surface area contributed by atoms with E-state index in [0.29, 0.717) is 5.69 Å². The van der Waals surface area contributed by atoms with Crippen molar-refractivity contribution in [2.75, 3.05) is 5.32 Å². The monoisotopic (exact) mass is 290 g/mol. The number of pyridine rings is 1. The molecule has 110 valence electrons. The van der Waals surface area contributed by atoms with Gasteiger partial charge in [0.2, 0.25) is 5.91 Å². The number of amides is 1. The van der Waals surface area contributed by atoms with Gasteiger partial charge in [0.05, 0.1) is 11.9 Å². The SMILES string of the molecule is O=C(O)Cn1cc(NC(=O)CCn2ccccc2=O)cn1. The molecule has 0 spiro atoms. The largest absolute Gasteiger partial charge is 0.480 e. The first-order valence-electron chi connectivity index (χ1n) is 6.24. The maximum Gasteiger partial charge on any atom is 0.325 e. The van der Waals surface area contributed by atoms with E-state index in [9.17, 15) is 14.4 Å². The van der Waals surface area contributed by atoms with Crippen molar-refractivity contribution in [2.45, 2.75) is 19.5 Å². The Morgan fingerprint density at radius 1 is 1.33 bits per heavy atom. The summed E-state index contributed by atoms with van der Waals surface area (Å²) in [5.74, 6) is -1.29. The van der Waals surface area contributed by atoms with Gasteiger partial charge in [-0.25, -0.2) is 0 Å². The van der Waals surface area contributed by atoms with Crippen LogP contribution in [0.5, 0.6) is 0 Å². The Kier molecular flexibility index (Phi) is 4.50. The van der Waals surface area contributed by atoms with Gasteiger partial charge in [0.15, 0.2) is 0 Å². The van der Waals surface area contributed by atoms with E-state index < -0.39 is 5.97 Å². The predicted octanol–water partition coefficient (Wildman–Crippen LogP) is 0.158. The van der Waals surface area contributed by atoms with Crippen molar-refractivity contribution in [3.8, 4) is 0 Å². The molecule has 2 heterocycles. The van der Waals surface area contributed by atoms with Crippen LogP contribution in [0.4, 0.5) is 5.69 Å². The number of anilines is 1. The molecular weight excluding hydrogens is 276 g/mol. The van der Waals surface area contributed by atoms with Gasteiger partial charge in [0, 0.05) is 31.4 Å². The van der Waals surface area contributed by atoms with Crippen molar-refractivity contribution < 1.29 is 14.7 Å². The molecule has 0 radical (unpaired) electrons. The lowest BCUT2D eigenvalue weighted by Gasteiger charge is -2.05. The smallest absolute Gasteiger partial charge is 0.325 e. The Balaban J connectivity index is 1.87. The van der Waals surface area contributed by atoms with Crippen LogP contribution in [0.2, 0.25) is 0 Å². The predicted molar refractivity (Wildman–Crippen MR) is 73.8 cm³/mol. The molecule has 0 unspecified atom stereocenters. The molecule has 21 heavy (non-hydrogen) atoms. The summed E-state index contributed by atoms with van der Waals surface area (Å²) >= 11 is 0. The molecule has 8 heteroatoms. The quantitative estimate of drug-likeness (QED) is 0.788. The minimum atomic E-state index is -1.01. The minimum Gasteiger partial charge on any atom is -0.480 e. The van der Waals surface area contributed by atoms with Crippen LogP contribution in [0, 0.1) is 0 Å². The normalized spacial score (nSPS) is 10.3. The fourth-order valence-corrected chi connectivity index (χ4v) is 1.74. The summed E-state index contributed by atoms with van der Waals surface area (Å²) in [5.41, 5.74) is 0.251. The molecule has 0 aromatic carbocycles. The fraction of sp³-hybridized carbons (Fsp3) is 0.231. The number of nitrogens with one attached hydrogen (secondary N) is 1. The van der Waals surface area contributed by atoms with Crippen LogP contribution in [0.15, 0.2) is 41.6 Å². The molecule has 2 aromatic heterocycles. The summed E-state index contributed by atoms with van der Waals surface area (Å²) in [7, 11) is 0. The maximum absolute atomic E-state index is 11.7. The third kappa shape index (κ3) is 4.30. The third-order valence-corrected chi connectivity index (χ3v) is 2.69. The van der Waals surface area contributed by atoms with E-state index in [4.69, 9.17) is 5.11 Å². The lowest BCUT2D eigenvalue weighted by Crippen LogP contribution is -2.21. The number of carbonyl (C=O) groups excluding carboxylic acids is 1. The van der Waals surface area contributed by atoms with Crippen LogP contribution in [-0.2, 0) is 22.7 Å². The van der Waals surface area contributed by atoms with Gasteiger partial charge in [-0.05, 0) is 6.07 Å². The molecule has 2 N–H and O–H groups in total. The molecule has 0 aliphatic carbocycles. The minimum absolute atomic E-state index is 0.133. The number of aliphatic carboxylic acids is 1. The van der Waals surface area contributed by atoms with E-state index in [1.165, 1.54) is 27.7 Å². The molecular formula is C13H14N4O4. The average Bonchev–Trinajstić information content (AvgIpc) is 2.84. The van der Waals surface area contributed by atoms with Crippen LogP contribution in [0.3, 0.4) is 0 Å². The van der Waals surface area contributed by atoms with Crippen molar-refractivity contribution in [1.82, 2.24) is 14.3 Å². The lowest BCUT2D eigenvalue weighted by atomic mass is 10.3. The van der Waals surface area contributed by atoms with Crippen LogP contribution in [-0.4, -0.2) is 31.3 Å². The molecule has 0 fully saturated rings. The molecule has 0 atom stereocenters.